The van der Waals surface area contributed by atoms with E-state index >= 15 is 0 Å². The number of hydrogen-bond acceptors (Lipinski definition) is 8. The number of nitro benzene ring substituents is 1. The smallest absolute Gasteiger partial charge is 0.344 e. The van der Waals surface area contributed by atoms with E-state index in [9.17, 15) is 24.8 Å². The first-order valence-corrected chi connectivity index (χ1v) is 11.9. The van der Waals surface area contributed by atoms with Gasteiger partial charge in [0.1, 0.15) is 11.3 Å². The maximum atomic E-state index is 13.5. The van der Waals surface area contributed by atoms with Gasteiger partial charge >= 0.3 is 5.97 Å². The number of hydrogen-bond donors (Lipinski definition) is 1. The Balaban J connectivity index is 1.70. The molecule has 38 heavy (non-hydrogen) atoms. The number of carboxylic acid groups (broad SMARTS) is 1. The van der Waals surface area contributed by atoms with Gasteiger partial charge in [0.15, 0.2) is 11.9 Å². The minimum atomic E-state index is -1.24. The molecule has 190 valence electrons. The van der Waals surface area contributed by atoms with E-state index in [2.05, 4.69) is 26.0 Å². The molecule has 3 aromatic carbocycles. The Bertz CT molecular complexity index is 1830. The molecule has 0 bridgehead atoms. The number of ether oxygens (including phenoxy) is 1. The Morgan fingerprint density at radius 2 is 2.00 bits per heavy atom. The summed E-state index contributed by atoms with van der Waals surface area (Å²) in [6.45, 7) is 1.32. The monoisotopic (exact) mass is 576 g/mol. The molecule has 0 spiro atoms. The molecule has 12 heteroatoms. The predicted octanol–water partition coefficient (Wildman–Crippen LogP) is 5.21. The topological polar surface area (TPSA) is 150 Å². The second-order valence-corrected chi connectivity index (χ2v) is 9.10. The van der Waals surface area contributed by atoms with Gasteiger partial charge < -0.3 is 14.3 Å². The second kappa shape index (κ2) is 9.90. The highest BCUT2D eigenvalue weighted by Gasteiger charge is 2.19. The number of halogens is 1. The number of furan rings is 1. The molecular formula is C26H17BrN4O7. The van der Waals surface area contributed by atoms with E-state index in [-0.39, 0.29) is 28.6 Å². The van der Waals surface area contributed by atoms with Crippen LogP contribution in [-0.4, -0.2) is 38.0 Å². The molecule has 1 N–H and O–H groups in total. The molecule has 0 saturated heterocycles. The molecular weight excluding hydrogens is 560 g/mol. The van der Waals surface area contributed by atoms with Crippen molar-refractivity contribution in [2.75, 3.05) is 0 Å². The summed E-state index contributed by atoms with van der Waals surface area (Å²) in [7, 11) is 0. The molecule has 11 nitrogen and oxygen atoms in total. The summed E-state index contributed by atoms with van der Waals surface area (Å²) >= 11 is 3.42. The number of aliphatic carboxylic acids is 1. The number of aromatic nitrogens is 2. The van der Waals surface area contributed by atoms with Crippen LogP contribution >= 0.6 is 15.9 Å². The van der Waals surface area contributed by atoms with Gasteiger partial charge in [0.05, 0.1) is 22.0 Å². The van der Waals surface area contributed by atoms with Crippen LogP contribution in [0.4, 0.5) is 5.69 Å². The summed E-state index contributed by atoms with van der Waals surface area (Å²) in [4.78, 5) is 40.1. The summed E-state index contributed by atoms with van der Waals surface area (Å²) in [5.41, 5.74) is 0.310. The average Bonchev–Trinajstić information content (AvgIpc) is 3.31. The van der Waals surface area contributed by atoms with Gasteiger partial charge in [0, 0.05) is 27.6 Å². The van der Waals surface area contributed by atoms with Crippen LogP contribution in [0.3, 0.4) is 0 Å². The van der Waals surface area contributed by atoms with Crippen molar-refractivity contribution in [3.8, 4) is 17.3 Å². The zero-order valence-electron chi connectivity index (χ0n) is 19.6. The van der Waals surface area contributed by atoms with E-state index < -0.39 is 22.6 Å². The molecule has 0 amide bonds. The third kappa shape index (κ3) is 4.76. The van der Waals surface area contributed by atoms with Crippen LogP contribution in [0.25, 0.3) is 33.5 Å². The summed E-state index contributed by atoms with van der Waals surface area (Å²) in [5, 5.41) is 26.0. The van der Waals surface area contributed by atoms with Gasteiger partial charge in [-0.2, -0.15) is 9.78 Å². The van der Waals surface area contributed by atoms with Crippen LogP contribution in [0.5, 0.6) is 5.75 Å². The molecule has 2 aromatic heterocycles. The van der Waals surface area contributed by atoms with Crippen molar-refractivity contribution in [2.24, 2.45) is 5.10 Å². The average molecular weight is 577 g/mol. The number of rotatable bonds is 7. The minimum Gasteiger partial charge on any atom is -0.479 e. The molecule has 0 saturated carbocycles. The molecule has 1 atom stereocenters. The summed E-state index contributed by atoms with van der Waals surface area (Å²) in [6.07, 6.45) is -0.0589. The van der Waals surface area contributed by atoms with Crippen molar-refractivity contribution in [2.45, 2.75) is 13.0 Å². The zero-order chi connectivity index (χ0) is 27.0. The maximum Gasteiger partial charge on any atom is 0.344 e. The molecule has 0 aliphatic carbocycles. The van der Waals surface area contributed by atoms with Crippen molar-refractivity contribution < 1.29 is 24.0 Å². The van der Waals surface area contributed by atoms with Gasteiger partial charge in [0.2, 0.25) is 5.82 Å². The van der Waals surface area contributed by atoms with E-state index in [0.29, 0.717) is 16.5 Å². The molecule has 0 aliphatic rings. The highest BCUT2D eigenvalue weighted by Crippen LogP contribution is 2.29. The van der Waals surface area contributed by atoms with Crippen LogP contribution in [0.15, 0.2) is 85.5 Å². The van der Waals surface area contributed by atoms with Crippen LogP contribution < -0.4 is 10.3 Å². The Kier molecular flexibility index (Phi) is 6.47. The Labute approximate surface area is 221 Å². The molecule has 0 unspecified atom stereocenters. The van der Waals surface area contributed by atoms with Crippen molar-refractivity contribution in [3.63, 3.8) is 0 Å². The standard InChI is InChI=1S/C26H17BrN4O7/c1-14(26(33)34)37-22-9-7-18(31(35)36)11-16(22)13-28-30-24(29-20-5-3-2-4-19(20)25(30)32)23-12-15-10-17(27)6-8-21(15)38-23/h2-14H,1H3,(H,33,34)/t14-/m1/s1. The lowest BCUT2D eigenvalue weighted by Gasteiger charge is -2.12. The second-order valence-electron chi connectivity index (χ2n) is 8.18. The lowest BCUT2D eigenvalue weighted by Crippen LogP contribution is -2.23. The first-order valence-electron chi connectivity index (χ1n) is 11.1. The van der Waals surface area contributed by atoms with Gasteiger partial charge in [-0.05, 0) is 49.4 Å². The highest BCUT2D eigenvalue weighted by molar-refractivity contribution is 9.10. The first kappa shape index (κ1) is 24.8. The van der Waals surface area contributed by atoms with Crippen molar-refractivity contribution in [1.82, 2.24) is 9.66 Å². The predicted molar refractivity (Wildman–Crippen MR) is 143 cm³/mol. The number of non-ortho nitro benzene ring substituents is 1. The minimum absolute atomic E-state index is 0.0335. The van der Waals surface area contributed by atoms with Gasteiger partial charge in [-0.15, -0.1) is 0 Å². The number of carboxylic acids is 1. The maximum absolute atomic E-state index is 13.5. The van der Waals surface area contributed by atoms with Crippen LogP contribution in [0, 0.1) is 10.1 Å². The van der Waals surface area contributed by atoms with Crippen molar-refractivity contribution in [3.05, 3.63) is 97.2 Å². The number of benzene rings is 3. The molecule has 0 fully saturated rings. The number of para-hydroxylation sites is 1. The number of nitro groups is 1. The quantitative estimate of drug-likeness (QED) is 0.157. The van der Waals surface area contributed by atoms with Crippen LogP contribution in [0.1, 0.15) is 12.5 Å². The Morgan fingerprint density at radius 1 is 1.21 bits per heavy atom. The third-order valence-corrected chi connectivity index (χ3v) is 6.11. The molecule has 0 aliphatic heterocycles. The molecule has 0 radical (unpaired) electrons. The van der Waals surface area contributed by atoms with E-state index in [1.165, 1.54) is 31.3 Å². The van der Waals surface area contributed by atoms with Crippen LogP contribution in [0.2, 0.25) is 0 Å². The number of carbonyl (C=O) groups is 1. The summed E-state index contributed by atoms with van der Waals surface area (Å²) in [5.74, 6) is -0.816. The largest absolute Gasteiger partial charge is 0.479 e. The van der Waals surface area contributed by atoms with Crippen molar-refractivity contribution >= 4 is 55.7 Å². The van der Waals surface area contributed by atoms with E-state index in [1.807, 2.05) is 12.1 Å². The van der Waals surface area contributed by atoms with Gasteiger partial charge in [0.25, 0.3) is 11.2 Å². The lowest BCUT2D eigenvalue weighted by molar-refractivity contribution is -0.384. The van der Waals surface area contributed by atoms with Crippen LogP contribution in [-0.2, 0) is 4.79 Å². The molecule has 2 heterocycles. The third-order valence-electron chi connectivity index (χ3n) is 5.62. The molecule has 5 rings (SSSR count). The van der Waals surface area contributed by atoms with Crippen molar-refractivity contribution in [1.29, 1.82) is 0 Å². The zero-order valence-corrected chi connectivity index (χ0v) is 21.2. The van der Waals surface area contributed by atoms with E-state index in [4.69, 9.17) is 9.15 Å². The first-order chi connectivity index (χ1) is 18.2. The number of nitrogens with zero attached hydrogens (tertiary/aromatic N) is 4. The summed E-state index contributed by atoms with van der Waals surface area (Å²) in [6, 6.07) is 17.5. The lowest BCUT2D eigenvalue weighted by atomic mass is 10.2. The fourth-order valence-electron chi connectivity index (χ4n) is 3.73. The number of fused-ring (bicyclic) bond motifs is 2. The normalized spacial score (nSPS) is 12.3. The van der Waals surface area contributed by atoms with Gasteiger partial charge in [-0.25, -0.2) is 9.78 Å². The SMILES string of the molecule is C[C@@H](Oc1ccc([N+](=O)[O-])cc1C=Nn1c(-c2cc3cc(Br)ccc3o2)nc2ccccc2c1=O)C(=O)O. The van der Waals surface area contributed by atoms with E-state index in [0.717, 1.165) is 14.5 Å². The Hall–Kier alpha value is -4.84. The fourth-order valence-corrected chi connectivity index (χ4v) is 4.11. The van der Waals surface area contributed by atoms with Gasteiger partial charge in [-0.3, -0.25) is 14.9 Å². The fraction of sp³-hybridized carbons (Fsp3) is 0.0769. The molecule has 5 aromatic rings. The van der Waals surface area contributed by atoms with E-state index in [1.54, 1.807) is 36.4 Å². The Morgan fingerprint density at radius 3 is 2.76 bits per heavy atom. The van der Waals surface area contributed by atoms with Gasteiger partial charge in [-0.1, -0.05) is 28.1 Å². The highest BCUT2D eigenvalue weighted by atomic mass is 79.9. The summed E-state index contributed by atoms with van der Waals surface area (Å²) < 4.78 is 13.3.